The predicted molar refractivity (Wildman–Crippen MR) is 133 cm³/mol. The molecule has 1 unspecified atom stereocenters. The average Bonchev–Trinajstić information content (AvgIpc) is 3.20. The lowest BCUT2D eigenvalue weighted by Gasteiger charge is -2.27. The van der Waals surface area contributed by atoms with E-state index in [4.69, 9.17) is 9.84 Å². The van der Waals surface area contributed by atoms with Crippen molar-refractivity contribution in [2.45, 2.75) is 31.7 Å². The molecular weight excluding hydrogens is 444 g/mol. The highest BCUT2D eigenvalue weighted by Crippen LogP contribution is 2.44. The van der Waals surface area contributed by atoms with E-state index in [1.165, 1.54) is 4.90 Å². The quantitative estimate of drug-likeness (QED) is 0.466. The molecule has 3 aromatic carbocycles. The predicted octanol–water partition coefficient (Wildman–Crippen LogP) is 4.81. The van der Waals surface area contributed by atoms with Gasteiger partial charge in [-0.15, -0.1) is 0 Å². The molecule has 0 radical (unpaired) electrons. The number of carbonyl (C=O) groups is 3. The molecular formula is C28H28N2O5. The van der Waals surface area contributed by atoms with E-state index < -0.39 is 18.1 Å². The van der Waals surface area contributed by atoms with Gasteiger partial charge < -0.3 is 20.1 Å². The Kier molecular flexibility index (Phi) is 7.45. The number of carbonyl (C=O) groups excluding carboxylic acids is 2. The SMILES string of the molecule is CCN(C(=O)C(CCC(=O)O)NC(=O)OCC1c2ccccc2-c2ccccc21)c1ccccc1. The third-order valence-corrected chi connectivity index (χ3v) is 6.23. The van der Waals surface area contributed by atoms with Gasteiger partial charge in [-0.25, -0.2) is 4.79 Å². The molecule has 0 aromatic heterocycles. The van der Waals surface area contributed by atoms with Gasteiger partial charge in [0.2, 0.25) is 5.91 Å². The number of hydrogen-bond acceptors (Lipinski definition) is 4. The summed E-state index contributed by atoms with van der Waals surface area (Å²) in [6.45, 7) is 2.31. The smallest absolute Gasteiger partial charge is 0.407 e. The van der Waals surface area contributed by atoms with E-state index in [-0.39, 0.29) is 31.3 Å². The third-order valence-electron chi connectivity index (χ3n) is 6.23. The Hall–Kier alpha value is -4.13. The Morgan fingerprint density at radius 1 is 0.914 bits per heavy atom. The summed E-state index contributed by atoms with van der Waals surface area (Å²) >= 11 is 0. The van der Waals surface area contributed by atoms with Gasteiger partial charge in [-0.3, -0.25) is 9.59 Å². The number of carboxylic acid groups (broad SMARTS) is 1. The van der Waals surface area contributed by atoms with Gasteiger partial charge >= 0.3 is 12.1 Å². The van der Waals surface area contributed by atoms with E-state index >= 15 is 0 Å². The number of hydrogen-bond donors (Lipinski definition) is 2. The van der Waals surface area contributed by atoms with Crippen LogP contribution in [0.4, 0.5) is 10.5 Å². The van der Waals surface area contributed by atoms with Crippen LogP contribution in [-0.4, -0.2) is 42.3 Å². The number of carboxylic acids is 1. The molecule has 0 heterocycles. The molecule has 7 heteroatoms. The Morgan fingerprint density at radius 2 is 1.49 bits per heavy atom. The fourth-order valence-corrected chi connectivity index (χ4v) is 4.57. The molecule has 1 atom stereocenters. The number of para-hydroxylation sites is 1. The van der Waals surface area contributed by atoms with E-state index in [2.05, 4.69) is 17.4 Å². The molecule has 180 valence electrons. The Morgan fingerprint density at radius 3 is 2.06 bits per heavy atom. The normalized spacial score (nSPS) is 12.8. The minimum Gasteiger partial charge on any atom is -0.481 e. The number of fused-ring (bicyclic) bond motifs is 3. The van der Waals surface area contributed by atoms with Gasteiger partial charge in [0.15, 0.2) is 0 Å². The van der Waals surface area contributed by atoms with Crippen molar-refractivity contribution in [1.82, 2.24) is 5.32 Å². The molecule has 2 amide bonds. The molecule has 0 saturated heterocycles. The first kappa shape index (κ1) is 24.0. The molecule has 0 fully saturated rings. The molecule has 0 aliphatic heterocycles. The van der Waals surface area contributed by atoms with Crippen LogP contribution in [0.1, 0.15) is 36.8 Å². The zero-order chi connectivity index (χ0) is 24.8. The number of aliphatic carboxylic acids is 1. The van der Waals surface area contributed by atoms with Gasteiger partial charge in [-0.2, -0.15) is 0 Å². The van der Waals surface area contributed by atoms with Crippen LogP contribution in [-0.2, 0) is 14.3 Å². The lowest BCUT2D eigenvalue weighted by molar-refractivity contribution is -0.137. The largest absolute Gasteiger partial charge is 0.481 e. The van der Waals surface area contributed by atoms with Crippen molar-refractivity contribution in [3.63, 3.8) is 0 Å². The van der Waals surface area contributed by atoms with Crippen molar-refractivity contribution in [1.29, 1.82) is 0 Å². The number of alkyl carbamates (subject to hydrolysis) is 1. The second-order valence-corrected chi connectivity index (χ2v) is 8.37. The van der Waals surface area contributed by atoms with Crippen LogP contribution in [0.25, 0.3) is 11.1 Å². The molecule has 2 N–H and O–H groups in total. The molecule has 4 rings (SSSR count). The van der Waals surface area contributed by atoms with Crippen LogP contribution in [0.2, 0.25) is 0 Å². The third kappa shape index (κ3) is 5.35. The summed E-state index contributed by atoms with van der Waals surface area (Å²) in [5.74, 6) is -1.54. The summed E-state index contributed by atoms with van der Waals surface area (Å²) in [6, 6.07) is 24.1. The number of anilines is 1. The van der Waals surface area contributed by atoms with Crippen LogP contribution in [0, 0.1) is 0 Å². The van der Waals surface area contributed by atoms with Crippen LogP contribution in [0.3, 0.4) is 0 Å². The second-order valence-electron chi connectivity index (χ2n) is 8.37. The molecule has 0 bridgehead atoms. The summed E-state index contributed by atoms with van der Waals surface area (Å²) in [4.78, 5) is 38.8. The maximum Gasteiger partial charge on any atom is 0.407 e. The van der Waals surface area contributed by atoms with Crippen molar-refractivity contribution < 1.29 is 24.2 Å². The van der Waals surface area contributed by atoms with Crippen molar-refractivity contribution in [2.24, 2.45) is 0 Å². The van der Waals surface area contributed by atoms with Crippen molar-refractivity contribution in [3.05, 3.63) is 90.0 Å². The molecule has 3 aromatic rings. The minimum atomic E-state index is -1.04. The molecule has 1 aliphatic rings. The van der Waals surface area contributed by atoms with Crippen molar-refractivity contribution >= 4 is 23.7 Å². The fourth-order valence-electron chi connectivity index (χ4n) is 4.57. The van der Waals surface area contributed by atoms with E-state index in [1.54, 1.807) is 12.1 Å². The number of likely N-dealkylation sites (N-methyl/N-ethyl adjacent to an activating group) is 1. The van der Waals surface area contributed by atoms with Crippen LogP contribution < -0.4 is 10.2 Å². The van der Waals surface area contributed by atoms with Crippen LogP contribution in [0.15, 0.2) is 78.9 Å². The fraction of sp³-hybridized carbons (Fsp3) is 0.250. The highest BCUT2D eigenvalue weighted by atomic mass is 16.5. The van der Waals surface area contributed by atoms with Gasteiger partial charge in [0.25, 0.3) is 0 Å². The second kappa shape index (κ2) is 10.9. The lowest BCUT2D eigenvalue weighted by atomic mass is 9.98. The summed E-state index contributed by atoms with van der Waals surface area (Å²) in [6.07, 6.45) is -1.05. The first-order valence-electron chi connectivity index (χ1n) is 11.7. The summed E-state index contributed by atoms with van der Waals surface area (Å²) in [5.41, 5.74) is 5.08. The summed E-state index contributed by atoms with van der Waals surface area (Å²) in [7, 11) is 0. The van der Waals surface area contributed by atoms with Gasteiger partial charge in [0.05, 0.1) is 0 Å². The maximum atomic E-state index is 13.3. The first-order chi connectivity index (χ1) is 17.0. The molecule has 1 aliphatic carbocycles. The lowest BCUT2D eigenvalue weighted by Crippen LogP contribution is -2.49. The highest BCUT2D eigenvalue weighted by Gasteiger charge is 2.31. The number of ether oxygens (including phenoxy) is 1. The summed E-state index contributed by atoms with van der Waals surface area (Å²) < 4.78 is 5.58. The van der Waals surface area contributed by atoms with Crippen LogP contribution >= 0.6 is 0 Å². The van der Waals surface area contributed by atoms with Gasteiger partial charge in [0, 0.05) is 24.6 Å². The Bertz CT molecular complexity index is 1170. The standard InChI is InChI=1S/C28H28N2O5/c1-2-30(19-10-4-3-5-11-19)27(33)25(16-17-26(31)32)29-28(34)35-18-24-22-14-8-6-12-20(22)21-13-7-9-15-23(21)24/h3-15,24-25H,2,16-18H2,1H3,(H,29,34)(H,31,32). The van der Waals surface area contributed by atoms with E-state index in [0.717, 1.165) is 22.3 Å². The van der Waals surface area contributed by atoms with Gasteiger partial charge in [-0.05, 0) is 47.7 Å². The van der Waals surface area contributed by atoms with Crippen molar-refractivity contribution in [3.8, 4) is 11.1 Å². The number of nitrogens with zero attached hydrogens (tertiary/aromatic N) is 1. The van der Waals surface area contributed by atoms with Gasteiger partial charge in [-0.1, -0.05) is 66.7 Å². The van der Waals surface area contributed by atoms with E-state index in [1.807, 2.05) is 61.5 Å². The average molecular weight is 473 g/mol. The zero-order valence-electron chi connectivity index (χ0n) is 19.5. The molecule has 35 heavy (non-hydrogen) atoms. The zero-order valence-corrected chi connectivity index (χ0v) is 19.5. The number of rotatable bonds is 9. The molecule has 0 spiro atoms. The Balaban J connectivity index is 1.47. The number of nitrogens with one attached hydrogen (secondary N) is 1. The van der Waals surface area contributed by atoms with E-state index in [0.29, 0.717) is 12.2 Å². The number of benzene rings is 3. The molecule has 7 nitrogen and oxygen atoms in total. The van der Waals surface area contributed by atoms with E-state index in [9.17, 15) is 14.4 Å². The molecule has 0 saturated carbocycles. The van der Waals surface area contributed by atoms with Gasteiger partial charge in [0.1, 0.15) is 12.6 Å². The van der Waals surface area contributed by atoms with Crippen LogP contribution in [0.5, 0.6) is 0 Å². The monoisotopic (exact) mass is 472 g/mol. The topological polar surface area (TPSA) is 95.9 Å². The maximum absolute atomic E-state index is 13.3. The van der Waals surface area contributed by atoms with Crippen molar-refractivity contribution in [2.75, 3.05) is 18.1 Å². The highest BCUT2D eigenvalue weighted by molar-refractivity contribution is 5.98. The first-order valence-corrected chi connectivity index (χ1v) is 11.7. The number of amides is 2. The summed E-state index contributed by atoms with van der Waals surface area (Å²) in [5, 5.41) is 11.8. The Labute approximate surface area is 204 Å². The minimum absolute atomic E-state index is 0.0400.